The van der Waals surface area contributed by atoms with Gasteiger partial charge in [-0.2, -0.15) is 8.42 Å². The molecule has 6 nitrogen and oxygen atoms in total. The molecule has 0 saturated heterocycles. The summed E-state index contributed by atoms with van der Waals surface area (Å²) in [5.74, 6) is -0.118. The molecule has 0 spiro atoms. The number of hydrogen-bond acceptors (Lipinski definition) is 5. The Hall–Kier alpha value is -2.32. The van der Waals surface area contributed by atoms with E-state index < -0.39 is 10.0 Å². The molecule has 2 aromatic carbocycles. The molecule has 0 fully saturated rings. The fourth-order valence-electron chi connectivity index (χ4n) is 3.04. The summed E-state index contributed by atoms with van der Waals surface area (Å²) < 4.78 is 29.2. The molecule has 0 radical (unpaired) electrons. The lowest BCUT2D eigenvalue weighted by Gasteiger charge is -2.30. The number of benzene rings is 2. The highest BCUT2D eigenvalue weighted by Gasteiger charge is 2.30. The Morgan fingerprint density at radius 1 is 1.14 bits per heavy atom. The zero-order valence-corrected chi connectivity index (χ0v) is 18.2. The van der Waals surface area contributed by atoms with E-state index >= 15 is 0 Å². The van der Waals surface area contributed by atoms with Crippen molar-refractivity contribution in [2.75, 3.05) is 22.5 Å². The molecular formula is C21H25N3O3S2. The molecule has 2 aromatic rings. The minimum absolute atomic E-state index is 0.0789. The quantitative estimate of drug-likeness (QED) is 0.708. The second-order valence-corrected chi connectivity index (χ2v) is 9.23. The number of unbranched alkanes of at least 4 members (excludes halogenated alkanes) is 1. The fourth-order valence-corrected chi connectivity index (χ4v) is 5.31. The lowest BCUT2D eigenvalue weighted by molar-refractivity contribution is -0.113. The Morgan fingerprint density at radius 3 is 2.69 bits per heavy atom. The van der Waals surface area contributed by atoms with Crippen LogP contribution in [0.3, 0.4) is 0 Å². The monoisotopic (exact) mass is 431 g/mol. The van der Waals surface area contributed by atoms with Gasteiger partial charge in [0, 0.05) is 12.2 Å². The standard InChI is InChI=1S/C21H25N3O3S2/c1-3-5-13-24-18-11-6-7-12-19(18)29(26,27)23-21(24)28-15-20(25)22-17-10-8-9-16(4-2)14-17/h6-12,14H,3-5,13,15H2,1-2H3,(H,22,25). The number of hydrogen-bond donors (Lipinski definition) is 1. The smallest absolute Gasteiger partial charge is 0.286 e. The number of carbonyl (C=O) groups is 1. The van der Waals surface area contributed by atoms with Crippen molar-refractivity contribution in [3.63, 3.8) is 0 Å². The molecule has 1 aliphatic heterocycles. The zero-order valence-electron chi connectivity index (χ0n) is 16.6. The summed E-state index contributed by atoms with van der Waals surface area (Å²) in [7, 11) is -3.77. The summed E-state index contributed by atoms with van der Waals surface area (Å²) >= 11 is 1.14. The summed E-state index contributed by atoms with van der Waals surface area (Å²) in [4.78, 5) is 14.5. The Kier molecular flexibility index (Phi) is 6.97. The molecule has 29 heavy (non-hydrogen) atoms. The zero-order chi connectivity index (χ0) is 20.9. The van der Waals surface area contributed by atoms with E-state index in [1.165, 1.54) is 0 Å². The number of amidine groups is 1. The number of para-hydroxylation sites is 1. The molecular weight excluding hydrogens is 406 g/mol. The minimum atomic E-state index is -3.77. The van der Waals surface area contributed by atoms with Gasteiger partial charge in [-0.15, -0.1) is 4.40 Å². The fraction of sp³-hybridized carbons (Fsp3) is 0.333. The number of carbonyl (C=O) groups excluding carboxylic acids is 1. The van der Waals surface area contributed by atoms with Crippen LogP contribution in [-0.4, -0.2) is 31.8 Å². The number of thioether (sulfide) groups is 1. The Morgan fingerprint density at radius 2 is 1.93 bits per heavy atom. The molecule has 0 unspecified atom stereocenters. The molecule has 0 saturated carbocycles. The van der Waals surface area contributed by atoms with Gasteiger partial charge in [0.2, 0.25) is 5.91 Å². The highest BCUT2D eigenvalue weighted by molar-refractivity contribution is 8.15. The first-order chi connectivity index (χ1) is 13.9. The SMILES string of the molecule is CCCCN1C(SCC(=O)Nc2cccc(CC)c2)=NS(=O)(=O)c2ccccc21. The van der Waals surface area contributed by atoms with Crippen molar-refractivity contribution in [2.24, 2.45) is 4.40 Å². The van der Waals surface area contributed by atoms with E-state index in [9.17, 15) is 13.2 Å². The van der Waals surface area contributed by atoms with Gasteiger partial charge in [0.25, 0.3) is 10.0 Å². The van der Waals surface area contributed by atoms with E-state index in [1.807, 2.05) is 35.2 Å². The van der Waals surface area contributed by atoms with Gasteiger partial charge in [-0.3, -0.25) is 4.79 Å². The number of aryl methyl sites for hydroxylation is 1. The van der Waals surface area contributed by atoms with Crippen LogP contribution in [0.4, 0.5) is 11.4 Å². The maximum absolute atomic E-state index is 12.6. The highest BCUT2D eigenvalue weighted by Crippen LogP contribution is 2.34. The summed E-state index contributed by atoms with van der Waals surface area (Å²) in [6, 6.07) is 14.6. The van der Waals surface area contributed by atoms with Crippen molar-refractivity contribution in [3.8, 4) is 0 Å². The largest absolute Gasteiger partial charge is 0.325 e. The average Bonchev–Trinajstić information content (AvgIpc) is 2.72. The van der Waals surface area contributed by atoms with Crippen LogP contribution in [0.15, 0.2) is 57.8 Å². The molecule has 3 rings (SSSR count). The number of anilines is 2. The molecule has 8 heteroatoms. The van der Waals surface area contributed by atoms with E-state index in [0.29, 0.717) is 17.4 Å². The molecule has 1 N–H and O–H groups in total. The molecule has 154 valence electrons. The van der Waals surface area contributed by atoms with Crippen molar-refractivity contribution in [3.05, 3.63) is 54.1 Å². The van der Waals surface area contributed by atoms with Gasteiger partial charge in [-0.05, 0) is 42.7 Å². The molecule has 0 aliphatic carbocycles. The molecule has 1 heterocycles. The van der Waals surface area contributed by atoms with Gasteiger partial charge >= 0.3 is 0 Å². The number of nitrogens with one attached hydrogen (secondary N) is 1. The number of fused-ring (bicyclic) bond motifs is 1. The van der Waals surface area contributed by atoms with Crippen molar-refractivity contribution < 1.29 is 13.2 Å². The average molecular weight is 432 g/mol. The van der Waals surface area contributed by atoms with Crippen molar-refractivity contribution in [1.82, 2.24) is 0 Å². The van der Waals surface area contributed by atoms with Crippen LogP contribution in [0.5, 0.6) is 0 Å². The Labute approximate surface area is 176 Å². The van der Waals surface area contributed by atoms with Gasteiger partial charge in [0.1, 0.15) is 4.90 Å². The minimum Gasteiger partial charge on any atom is -0.325 e. The van der Waals surface area contributed by atoms with Crippen LogP contribution in [0.1, 0.15) is 32.3 Å². The van der Waals surface area contributed by atoms with Gasteiger partial charge in [-0.1, -0.05) is 56.3 Å². The van der Waals surface area contributed by atoms with Crippen molar-refractivity contribution in [1.29, 1.82) is 0 Å². The maximum atomic E-state index is 12.6. The second kappa shape index (κ2) is 9.45. The van der Waals surface area contributed by atoms with Crippen LogP contribution < -0.4 is 10.2 Å². The molecule has 0 bridgehead atoms. The molecule has 0 atom stereocenters. The first kappa shape index (κ1) is 21.4. The van der Waals surface area contributed by atoms with Gasteiger partial charge in [0.15, 0.2) is 5.17 Å². The lowest BCUT2D eigenvalue weighted by Crippen LogP contribution is -2.35. The summed E-state index contributed by atoms with van der Waals surface area (Å²) in [6.45, 7) is 4.78. The van der Waals surface area contributed by atoms with E-state index in [2.05, 4.69) is 23.6 Å². The summed E-state index contributed by atoms with van der Waals surface area (Å²) in [5.41, 5.74) is 2.50. The Balaban J connectivity index is 1.75. The number of rotatable bonds is 7. The van der Waals surface area contributed by atoms with Crippen LogP contribution in [0, 0.1) is 0 Å². The normalized spacial score (nSPS) is 14.8. The summed E-state index contributed by atoms with van der Waals surface area (Å²) in [6.07, 6.45) is 2.75. The van der Waals surface area contributed by atoms with Crippen LogP contribution in [-0.2, 0) is 21.2 Å². The highest BCUT2D eigenvalue weighted by atomic mass is 32.2. The van der Waals surface area contributed by atoms with Gasteiger partial charge in [-0.25, -0.2) is 0 Å². The molecule has 1 aliphatic rings. The molecule has 0 aromatic heterocycles. The van der Waals surface area contributed by atoms with Gasteiger partial charge < -0.3 is 10.2 Å². The maximum Gasteiger partial charge on any atom is 0.286 e. The van der Waals surface area contributed by atoms with E-state index in [4.69, 9.17) is 0 Å². The molecule has 1 amide bonds. The van der Waals surface area contributed by atoms with Crippen LogP contribution >= 0.6 is 11.8 Å². The van der Waals surface area contributed by atoms with Crippen LogP contribution in [0.2, 0.25) is 0 Å². The predicted octanol–water partition coefficient (Wildman–Crippen LogP) is 4.29. The number of sulfonamides is 1. The van der Waals surface area contributed by atoms with Crippen molar-refractivity contribution in [2.45, 2.75) is 38.0 Å². The number of nitrogens with zero attached hydrogens (tertiary/aromatic N) is 2. The third-order valence-corrected chi connectivity index (χ3v) is 6.96. The first-order valence-electron chi connectivity index (χ1n) is 9.67. The topological polar surface area (TPSA) is 78.8 Å². The lowest BCUT2D eigenvalue weighted by atomic mass is 10.1. The van der Waals surface area contributed by atoms with Crippen molar-refractivity contribution >= 4 is 44.2 Å². The Bertz CT molecular complexity index is 1020. The first-order valence-corrected chi connectivity index (χ1v) is 12.1. The number of amides is 1. The second-order valence-electron chi connectivity index (χ2n) is 6.71. The van der Waals surface area contributed by atoms with Crippen LogP contribution in [0.25, 0.3) is 0 Å². The summed E-state index contributed by atoms with van der Waals surface area (Å²) in [5, 5.41) is 3.21. The van der Waals surface area contributed by atoms with E-state index in [1.54, 1.807) is 18.2 Å². The van der Waals surface area contributed by atoms with Gasteiger partial charge in [0.05, 0.1) is 11.4 Å². The predicted molar refractivity (Wildman–Crippen MR) is 120 cm³/mol. The third-order valence-electron chi connectivity index (χ3n) is 4.55. The van der Waals surface area contributed by atoms with E-state index in [0.717, 1.165) is 42.3 Å². The van der Waals surface area contributed by atoms with E-state index in [-0.39, 0.29) is 16.6 Å². The third kappa shape index (κ3) is 5.19.